The van der Waals surface area contributed by atoms with Crippen LogP contribution in [-0.4, -0.2) is 36.1 Å². The van der Waals surface area contributed by atoms with Crippen LogP contribution in [0, 0.1) is 11.3 Å². The average Bonchev–Trinajstić information content (AvgIpc) is 1.82. The van der Waals surface area contributed by atoms with E-state index >= 15 is 0 Å². The maximum atomic E-state index is 10.9. The molecule has 0 saturated carbocycles. The lowest BCUT2D eigenvalue weighted by Crippen LogP contribution is -2.46. The molecule has 2 unspecified atom stereocenters. The molecule has 0 aliphatic carbocycles. The van der Waals surface area contributed by atoms with Crippen molar-refractivity contribution in [1.29, 1.82) is 0 Å². The van der Waals surface area contributed by atoms with Crippen molar-refractivity contribution in [2.24, 2.45) is 11.3 Å². The lowest BCUT2D eigenvalue weighted by atomic mass is 9.79. The molecular weight excluding hydrogens is 166 g/mol. The Morgan fingerprint density at radius 3 is 1.77 bits per heavy atom. The van der Waals surface area contributed by atoms with Crippen LogP contribution in [0.2, 0.25) is 0 Å². The van der Waals surface area contributed by atoms with Gasteiger partial charge < -0.3 is 10.0 Å². The van der Waals surface area contributed by atoms with Gasteiger partial charge in [0.15, 0.2) is 0 Å². The number of hydrogen-bond acceptors (Lipinski definition) is 2. The monoisotopic (exact) mass is 187 g/mol. The zero-order chi connectivity index (χ0) is 10.8. The van der Waals surface area contributed by atoms with Gasteiger partial charge in [-0.25, -0.2) is 0 Å². The van der Waals surface area contributed by atoms with Crippen LogP contribution in [0.5, 0.6) is 0 Å². The summed E-state index contributed by atoms with van der Waals surface area (Å²) in [6.07, 6.45) is 0. The van der Waals surface area contributed by atoms with Gasteiger partial charge in [0.2, 0.25) is 0 Å². The van der Waals surface area contributed by atoms with Gasteiger partial charge in [-0.15, -0.1) is 0 Å². The quantitative estimate of drug-likeness (QED) is 0.731. The Kier molecular flexibility index (Phi) is 3.91. The average molecular weight is 187 g/mol. The molecule has 0 aromatic heterocycles. The first-order valence-corrected chi connectivity index (χ1v) is 4.57. The Morgan fingerprint density at radius 1 is 1.31 bits per heavy atom. The molecule has 0 spiro atoms. The maximum absolute atomic E-state index is 10.9. The predicted octanol–water partition coefficient (Wildman–Crippen LogP) is 1.68. The molecule has 0 aromatic carbocycles. The van der Waals surface area contributed by atoms with Crippen molar-refractivity contribution in [3.63, 3.8) is 0 Å². The molecule has 0 saturated heterocycles. The second kappa shape index (κ2) is 4.09. The predicted molar refractivity (Wildman–Crippen MR) is 53.7 cm³/mol. The molecule has 0 bridgehead atoms. The van der Waals surface area contributed by atoms with Crippen LogP contribution in [0.15, 0.2) is 0 Å². The fraction of sp³-hybridized carbons (Fsp3) is 0.900. The number of aliphatic carboxylic acids is 1. The summed E-state index contributed by atoms with van der Waals surface area (Å²) in [5.74, 6) is -1.07. The zero-order valence-corrected chi connectivity index (χ0v) is 9.46. The van der Waals surface area contributed by atoms with E-state index in [1.807, 2.05) is 19.0 Å². The van der Waals surface area contributed by atoms with Crippen LogP contribution in [0.25, 0.3) is 0 Å². The number of nitrogens with zero attached hydrogens (tertiary/aromatic N) is 1. The standard InChI is InChI=1S/C10H21NO2/c1-7(9(12)13)8(11(5)6)10(2,3)4/h7-8H,1-6H3,(H,12,13). The molecule has 0 amide bonds. The topological polar surface area (TPSA) is 40.5 Å². The van der Waals surface area contributed by atoms with E-state index in [-0.39, 0.29) is 17.4 Å². The Hall–Kier alpha value is -0.570. The molecule has 13 heavy (non-hydrogen) atoms. The fourth-order valence-electron chi connectivity index (χ4n) is 2.11. The normalized spacial score (nSPS) is 17.2. The van der Waals surface area contributed by atoms with Gasteiger partial charge in [-0.2, -0.15) is 0 Å². The van der Waals surface area contributed by atoms with Crippen LogP contribution in [0.1, 0.15) is 27.7 Å². The van der Waals surface area contributed by atoms with Gasteiger partial charge in [-0.3, -0.25) is 4.79 Å². The van der Waals surface area contributed by atoms with Crippen molar-refractivity contribution in [1.82, 2.24) is 4.90 Å². The largest absolute Gasteiger partial charge is 0.481 e. The van der Waals surface area contributed by atoms with E-state index in [1.165, 1.54) is 0 Å². The summed E-state index contributed by atoms with van der Waals surface area (Å²) < 4.78 is 0. The second-order valence-electron chi connectivity index (χ2n) is 4.90. The summed E-state index contributed by atoms with van der Waals surface area (Å²) in [4.78, 5) is 12.9. The molecule has 3 heteroatoms. The Morgan fingerprint density at radius 2 is 1.69 bits per heavy atom. The first-order valence-electron chi connectivity index (χ1n) is 4.57. The minimum absolute atomic E-state index is 0.0126. The van der Waals surface area contributed by atoms with Crippen molar-refractivity contribution in [3.05, 3.63) is 0 Å². The van der Waals surface area contributed by atoms with Crippen LogP contribution in [-0.2, 0) is 4.79 Å². The van der Waals surface area contributed by atoms with E-state index < -0.39 is 5.97 Å². The summed E-state index contributed by atoms with van der Waals surface area (Å²) in [6.45, 7) is 7.96. The SMILES string of the molecule is CC(C(=O)O)C(N(C)C)C(C)(C)C. The highest BCUT2D eigenvalue weighted by Crippen LogP contribution is 2.28. The van der Waals surface area contributed by atoms with Gasteiger partial charge in [0.1, 0.15) is 0 Å². The maximum Gasteiger partial charge on any atom is 0.307 e. The van der Waals surface area contributed by atoms with E-state index in [0.717, 1.165) is 0 Å². The van der Waals surface area contributed by atoms with Gasteiger partial charge in [0.05, 0.1) is 5.92 Å². The smallest absolute Gasteiger partial charge is 0.307 e. The third-order valence-corrected chi connectivity index (χ3v) is 2.31. The summed E-state index contributed by atoms with van der Waals surface area (Å²) in [5.41, 5.74) is -0.0126. The lowest BCUT2D eigenvalue weighted by Gasteiger charge is -2.38. The highest BCUT2D eigenvalue weighted by atomic mass is 16.4. The van der Waals surface area contributed by atoms with Crippen molar-refractivity contribution in [2.75, 3.05) is 14.1 Å². The van der Waals surface area contributed by atoms with Crippen molar-refractivity contribution in [3.8, 4) is 0 Å². The molecule has 0 heterocycles. The number of carbonyl (C=O) groups is 1. The van der Waals surface area contributed by atoms with Crippen molar-refractivity contribution < 1.29 is 9.90 Å². The van der Waals surface area contributed by atoms with Crippen molar-refractivity contribution >= 4 is 5.97 Å². The van der Waals surface area contributed by atoms with Gasteiger partial charge in [0, 0.05) is 6.04 Å². The minimum atomic E-state index is -0.728. The molecule has 3 nitrogen and oxygen atoms in total. The minimum Gasteiger partial charge on any atom is -0.481 e. The van der Waals surface area contributed by atoms with Crippen LogP contribution < -0.4 is 0 Å². The zero-order valence-electron chi connectivity index (χ0n) is 9.46. The van der Waals surface area contributed by atoms with Gasteiger partial charge in [0.25, 0.3) is 0 Å². The fourth-order valence-corrected chi connectivity index (χ4v) is 2.11. The van der Waals surface area contributed by atoms with Crippen molar-refractivity contribution in [2.45, 2.75) is 33.7 Å². The van der Waals surface area contributed by atoms with Crippen LogP contribution in [0.3, 0.4) is 0 Å². The molecular formula is C10H21NO2. The summed E-state index contributed by atoms with van der Waals surface area (Å²) in [7, 11) is 3.85. The van der Waals surface area contributed by atoms with Gasteiger partial charge in [-0.1, -0.05) is 27.7 Å². The third-order valence-electron chi connectivity index (χ3n) is 2.31. The van der Waals surface area contributed by atoms with Gasteiger partial charge >= 0.3 is 5.97 Å². The Labute approximate surface area is 80.7 Å². The van der Waals surface area contributed by atoms with E-state index in [2.05, 4.69) is 20.8 Å². The molecule has 0 radical (unpaired) electrons. The first kappa shape index (κ1) is 12.4. The highest BCUT2D eigenvalue weighted by molar-refractivity contribution is 5.70. The van der Waals surface area contributed by atoms with E-state index in [1.54, 1.807) is 6.92 Å². The Bertz CT molecular complexity index is 182. The number of carboxylic acids is 1. The molecule has 0 rings (SSSR count). The van der Waals surface area contributed by atoms with Crippen LogP contribution >= 0.6 is 0 Å². The van der Waals surface area contributed by atoms with E-state index in [0.29, 0.717) is 0 Å². The number of carboxylic acid groups (broad SMARTS) is 1. The number of hydrogen-bond donors (Lipinski definition) is 1. The molecule has 78 valence electrons. The molecule has 0 aliphatic rings. The van der Waals surface area contributed by atoms with Gasteiger partial charge in [-0.05, 0) is 19.5 Å². The highest BCUT2D eigenvalue weighted by Gasteiger charge is 2.34. The molecule has 0 fully saturated rings. The summed E-state index contributed by atoms with van der Waals surface area (Å²) >= 11 is 0. The molecule has 0 aliphatic heterocycles. The Balaban J connectivity index is 4.72. The van der Waals surface area contributed by atoms with E-state index in [4.69, 9.17) is 5.11 Å². The number of rotatable bonds is 3. The molecule has 2 atom stereocenters. The van der Waals surface area contributed by atoms with E-state index in [9.17, 15) is 4.79 Å². The molecule has 0 aromatic rings. The lowest BCUT2D eigenvalue weighted by molar-refractivity contribution is -0.144. The summed E-state index contributed by atoms with van der Waals surface area (Å²) in [5, 5.41) is 8.94. The molecule has 1 N–H and O–H groups in total. The second-order valence-corrected chi connectivity index (χ2v) is 4.90. The third kappa shape index (κ3) is 3.35. The first-order chi connectivity index (χ1) is 5.68. The van der Waals surface area contributed by atoms with Crippen LogP contribution in [0.4, 0.5) is 0 Å². The summed E-state index contributed by atoms with van der Waals surface area (Å²) in [6, 6.07) is 0.0602.